The lowest BCUT2D eigenvalue weighted by molar-refractivity contribution is 0.595. The molecular formula is C15H15ClN2OS. The van der Waals surface area contributed by atoms with Gasteiger partial charge >= 0.3 is 0 Å². The first-order valence-corrected chi connectivity index (χ1v) is 7.94. The second-order valence-electron chi connectivity index (χ2n) is 4.85. The van der Waals surface area contributed by atoms with Gasteiger partial charge in [-0.15, -0.1) is 11.8 Å². The molecule has 1 unspecified atom stereocenters. The van der Waals surface area contributed by atoms with Crippen LogP contribution < -0.4 is 5.56 Å². The lowest BCUT2D eigenvalue weighted by Gasteiger charge is -2.14. The summed E-state index contributed by atoms with van der Waals surface area (Å²) in [5.41, 5.74) is 1.31. The highest BCUT2D eigenvalue weighted by Crippen LogP contribution is 2.37. The standard InChI is InChI=1S/C15H15ClN2OS/c1-2-14-17-13(16)8-15(19)18(14)9-11-7-10-5-3-4-6-12(10)20-11/h3-6,8,11H,2,7,9H2,1H3. The normalized spacial score (nSPS) is 17.2. The SMILES string of the molecule is CCc1nc(Cl)cc(=O)n1CC1Cc2ccccc2S1. The topological polar surface area (TPSA) is 34.9 Å². The first-order chi connectivity index (χ1) is 9.67. The summed E-state index contributed by atoms with van der Waals surface area (Å²) in [6.45, 7) is 2.68. The molecule has 0 saturated carbocycles. The van der Waals surface area contributed by atoms with Crippen molar-refractivity contribution in [2.45, 2.75) is 36.5 Å². The first kappa shape index (κ1) is 13.7. The van der Waals surface area contributed by atoms with E-state index < -0.39 is 0 Å². The van der Waals surface area contributed by atoms with E-state index in [0.29, 0.717) is 18.2 Å². The van der Waals surface area contributed by atoms with Gasteiger partial charge in [0.15, 0.2) is 0 Å². The summed E-state index contributed by atoms with van der Waals surface area (Å²) in [6.07, 6.45) is 1.71. The Morgan fingerprint density at radius 2 is 2.25 bits per heavy atom. The van der Waals surface area contributed by atoms with Gasteiger partial charge in [-0.05, 0) is 18.1 Å². The highest BCUT2D eigenvalue weighted by atomic mass is 35.5. The molecule has 0 aliphatic carbocycles. The number of nitrogens with zero attached hydrogens (tertiary/aromatic N) is 2. The van der Waals surface area contributed by atoms with Crippen molar-refractivity contribution >= 4 is 23.4 Å². The van der Waals surface area contributed by atoms with Crippen LogP contribution >= 0.6 is 23.4 Å². The van der Waals surface area contributed by atoms with Gasteiger partial charge in [-0.3, -0.25) is 9.36 Å². The first-order valence-electron chi connectivity index (χ1n) is 6.68. The van der Waals surface area contributed by atoms with E-state index in [1.54, 1.807) is 4.57 Å². The largest absolute Gasteiger partial charge is 0.295 e. The Hall–Kier alpha value is -1.26. The molecule has 3 nitrogen and oxygen atoms in total. The van der Waals surface area contributed by atoms with Crippen molar-refractivity contribution in [1.82, 2.24) is 9.55 Å². The molecule has 104 valence electrons. The predicted octanol–water partition coefficient (Wildman–Crippen LogP) is 3.18. The minimum absolute atomic E-state index is 0.0570. The Morgan fingerprint density at radius 1 is 1.45 bits per heavy atom. The molecule has 0 radical (unpaired) electrons. The molecular weight excluding hydrogens is 292 g/mol. The number of fused-ring (bicyclic) bond motifs is 1. The Labute approximate surface area is 127 Å². The van der Waals surface area contributed by atoms with Gasteiger partial charge in [0.05, 0.1) is 0 Å². The van der Waals surface area contributed by atoms with Crippen molar-refractivity contribution in [3.63, 3.8) is 0 Å². The fourth-order valence-electron chi connectivity index (χ4n) is 2.55. The van der Waals surface area contributed by atoms with Gasteiger partial charge in [0, 0.05) is 29.2 Å². The number of rotatable bonds is 3. The molecule has 1 aromatic carbocycles. The number of aryl methyl sites for hydroxylation is 1. The molecule has 5 heteroatoms. The second-order valence-corrected chi connectivity index (χ2v) is 6.58. The smallest absolute Gasteiger partial charge is 0.255 e. The number of hydrogen-bond donors (Lipinski definition) is 0. The molecule has 2 aromatic rings. The van der Waals surface area contributed by atoms with Gasteiger partial charge < -0.3 is 0 Å². The number of hydrogen-bond acceptors (Lipinski definition) is 3. The molecule has 0 N–H and O–H groups in total. The van der Waals surface area contributed by atoms with Crippen molar-refractivity contribution in [1.29, 1.82) is 0 Å². The van der Waals surface area contributed by atoms with Crippen LogP contribution in [-0.2, 0) is 19.4 Å². The van der Waals surface area contributed by atoms with Crippen LogP contribution in [0.15, 0.2) is 40.0 Å². The number of thioether (sulfide) groups is 1. The molecule has 1 aliphatic rings. The molecule has 0 bridgehead atoms. The van der Waals surface area contributed by atoms with Crippen molar-refractivity contribution in [3.05, 3.63) is 57.2 Å². The lowest BCUT2D eigenvalue weighted by atomic mass is 10.1. The Balaban J connectivity index is 1.85. The maximum absolute atomic E-state index is 12.1. The number of halogens is 1. The molecule has 0 saturated heterocycles. The van der Waals surface area contributed by atoms with Crippen LogP contribution in [0.3, 0.4) is 0 Å². The molecule has 1 aromatic heterocycles. The zero-order valence-corrected chi connectivity index (χ0v) is 12.7. The summed E-state index contributed by atoms with van der Waals surface area (Å²) in [5, 5.41) is 0.670. The van der Waals surface area contributed by atoms with Gasteiger partial charge in [-0.25, -0.2) is 4.98 Å². The van der Waals surface area contributed by atoms with E-state index in [4.69, 9.17) is 11.6 Å². The van der Waals surface area contributed by atoms with Crippen LogP contribution in [0.1, 0.15) is 18.3 Å². The highest BCUT2D eigenvalue weighted by Gasteiger charge is 2.23. The van der Waals surface area contributed by atoms with E-state index in [1.165, 1.54) is 16.5 Å². The van der Waals surface area contributed by atoms with Crippen molar-refractivity contribution in [2.24, 2.45) is 0 Å². The van der Waals surface area contributed by atoms with E-state index >= 15 is 0 Å². The zero-order chi connectivity index (χ0) is 14.1. The molecule has 0 spiro atoms. The number of aromatic nitrogens is 2. The monoisotopic (exact) mass is 306 g/mol. The third-order valence-corrected chi connectivity index (χ3v) is 4.97. The van der Waals surface area contributed by atoms with Crippen molar-refractivity contribution in [2.75, 3.05) is 0 Å². The van der Waals surface area contributed by atoms with Gasteiger partial charge in [0.25, 0.3) is 5.56 Å². The molecule has 0 fully saturated rings. The fourth-order valence-corrected chi connectivity index (χ4v) is 4.04. The van der Waals surface area contributed by atoms with E-state index in [0.717, 1.165) is 12.2 Å². The maximum atomic E-state index is 12.1. The fraction of sp³-hybridized carbons (Fsp3) is 0.333. The quantitative estimate of drug-likeness (QED) is 0.817. The molecule has 3 rings (SSSR count). The summed E-state index contributed by atoms with van der Waals surface area (Å²) >= 11 is 7.70. The van der Waals surface area contributed by atoms with E-state index in [-0.39, 0.29) is 10.7 Å². The van der Waals surface area contributed by atoms with E-state index in [2.05, 4.69) is 29.2 Å². The van der Waals surface area contributed by atoms with Crippen LogP contribution in [0.2, 0.25) is 5.15 Å². The molecule has 1 atom stereocenters. The molecule has 0 amide bonds. The maximum Gasteiger partial charge on any atom is 0.255 e. The van der Waals surface area contributed by atoms with Crippen LogP contribution in [0, 0.1) is 0 Å². The van der Waals surface area contributed by atoms with Crippen molar-refractivity contribution < 1.29 is 0 Å². The molecule has 1 aliphatic heterocycles. The Bertz CT molecular complexity index is 674. The summed E-state index contributed by atoms with van der Waals surface area (Å²) in [4.78, 5) is 17.7. The molecule has 2 heterocycles. The van der Waals surface area contributed by atoms with E-state index in [1.807, 2.05) is 18.7 Å². The third kappa shape index (κ3) is 2.63. The Kier molecular flexibility index (Phi) is 3.85. The lowest BCUT2D eigenvalue weighted by Crippen LogP contribution is -2.28. The predicted molar refractivity (Wildman–Crippen MR) is 82.7 cm³/mol. The van der Waals surface area contributed by atoms with Crippen molar-refractivity contribution in [3.8, 4) is 0 Å². The van der Waals surface area contributed by atoms with Crippen LogP contribution in [0.25, 0.3) is 0 Å². The van der Waals surface area contributed by atoms with Crippen LogP contribution in [-0.4, -0.2) is 14.8 Å². The summed E-state index contributed by atoms with van der Waals surface area (Å²) in [7, 11) is 0. The summed E-state index contributed by atoms with van der Waals surface area (Å²) in [5.74, 6) is 0.763. The second kappa shape index (κ2) is 5.62. The average molecular weight is 307 g/mol. The van der Waals surface area contributed by atoms with Crippen LogP contribution in [0.5, 0.6) is 0 Å². The minimum atomic E-state index is -0.0570. The van der Waals surface area contributed by atoms with Gasteiger partial charge in [-0.1, -0.05) is 36.7 Å². The summed E-state index contributed by atoms with van der Waals surface area (Å²) < 4.78 is 1.76. The third-order valence-electron chi connectivity index (χ3n) is 3.47. The van der Waals surface area contributed by atoms with Gasteiger partial charge in [0.2, 0.25) is 0 Å². The summed E-state index contributed by atoms with van der Waals surface area (Å²) in [6, 6.07) is 9.82. The van der Waals surface area contributed by atoms with E-state index in [9.17, 15) is 4.79 Å². The van der Waals surface area contributed by atoms with Gasteiger partial charge in [0.1, 0.15) is 11.0 Å². The molecule has 20 heavy (non-hydrogen) atoms. The minimum Gasteiger partial charge on any atom is -0.295 e. The van der Waals surface area contributed by atoms with Crippen LogP contribution in [0.4, 0.5) is 0 Å². The Morgan fingerprint density at radius 3 is 3.00 bits per heavy atom. The number of benzene rings is 1. The van der Waals surface area contributed by atoms with Gasteiger partial charge in [-0.2, -0.15) is 0 Å². The highest BCUT2D eigenvalue weighted by molar-refractivity contribution is 8.00. The zero-order valence-electron chi connectivity index (χ0n) is 11.2. The average Bonchev–Trinajstić information content (AvgIpc) is 2.83.